The van der Waals surface area contributed by atoms with Gasteiger partial charge in [-0.15, -0.1) is 0 Å². The topological polar surface area (TPSA) is 76.4 Å². The Morgan fingerprint density at radius 2 is 2.22 bits per heavy atom. The van der Waals surface area contributed by atoms with Crippen LogP contribution in [0.1, 0.15) is 20.8 Å². The molecule has 102 valence electrons. The van der Waals surface area contributed by atoms with Crippen LogP contribution < -0.4 is 10.9 Å². The van der Waals surface area contributed by atoms with Crippen molar-refractivity contribution in [3.05, 3.63) is 22.7 Å². The first-order valence-corrected chi connectivity index (χ1v) is 5.85. The van der Waals surface area contributed by atoms with E-state index in [1.165, 1.54) is 7.11 Å². The Hall–Kier alpha value is -1.40. The molecule has 18 heavy (non-hydrogen) atoms. The molecule has 1 heterocycles. The van der Waals surface area contributed by atoms with Gasteiger partial charge in [0.15, 0.2) is 5.82 Å². The number of rotatable bonds is 5. The molecular formula is C12H21N3O3. The summed E-state index contributed by atoms with van der Waals surface area (Å²) in [6.45, 7) is 6.27. The lowest BCUT2D eigenvalue weighted by Gasteiger charge is -2.22. The van der Waals surface area contributed by atoms with Crippen molar-refractivity contribution >= 4 is 5.82 Å². The summed E-state index contributed by atoms with van der Waals surface area (Å²) in [5.74, 6) is 0.238. The van der Waals surface area contributed by atoms with Crippen molar-refractivity contribution in [2.24, 2.45) is 0 Å². The van der Waals surface area contributed by atoms with Gasteiger partial charge in [0, 0.05) is 31.6 Å². The highest BCUT2D eigenvalue weighted by atomic mass is 16.5. The lowest BCUT2D eigenvalue weighted by molar-refractivity contribution is 0.0727. The van der Waals surface area contributed by atoms with E-state index in [0.717, 1.165) is 0 Å². The monoisotopic (exact) mass is 255 g/mol. The second-order valence-electron chi connectivity index (χ2n) is 5.11. The molecule has 0 fully saturated rings. The minimum atomic E-state index is -0.667. The van der Waals surface area contributed by atoms with E-state index in [-0.39, 0.29) is 30.1 Å². The molecule has 1 atom stereocenters. The van der Waals surface area contributed by atoms with E-state index >= 15 is 0 Å². The maximum absolute atomic E-state index is 12.1. The summed E-state index contributed by atoms with van der Waals surface area (Å²) < 4.78 is 6.41. The van der Waals surface area contributed by atoms with Gasteiger partial charge in [0.05, 0.1) is 12.7 Å². The summed E-state index contributed by atoms with van der Waals surface area (Å²) in [5.41, 5.74) is -0.503. The lowest BCUT2D eigenvalue weighted by atomic mass is 10.1. The Morgan fingerprint density at radius 1 is 1.56 bits per heavy atom. The smallest absolute Gasteiger partial charge is 0.293 e. The van der Waals surface area contributed by atoms with Crippen LogP contribution in [-0.2, 0) is 10.3 Å². The normalized spacial score (nSPS) is 13.4. The predicted molar refractivity (Wildman–Crippen MR) is 69.9 cm³/mol. The van der Waals surface area contributed by atoms with E-state index in [1.807, 2.05) is 20.8 Å². The van der Waals surface area contributed by atoms with E-state index in [9.17, 15) is 9.90 Å². The van der Waals surface area contributed by atoms with Crippen LogP contribution in [0.2, 0.25) is 0 Å². The van der Waals surface area contributed by atoms with Crippen molar-refractivity contribution in [1.82, 2.24) is 9.55 Å². The summed E-state index contributed by atoms with van der Waals surface area (Å²) in [6, 6.07) is 0. The number of hydrogen-bond donors (Lipinski definition) is 2. The van der Waals surface area contributed by atoms with E-state index in [0.29, 0.717) is 0 Å². The summed E-state index contributed by atoms with van der Waals surface area (Å²) in [5, 5.41) is 12.3. The molecule has 0 spiro atoms. The van der Waals surface area contributed by atoms with Gasteiger partial charge < -0.3 is 19.7 Å². The molecule has 2 N–H and O–H groups in total. The van der Waals surface area contributed by atoms with Gasteiger partial charge in [0.2, 0.25) is 0 Å². The Morgan fingerprint density at radius 3 is 2.78 bits per heavy atom. The van der Waals surface area contributed by atoms with Gasteiger partial charge in [-0.2, -0.15) is 0 Å². The van der Waals surface area contributed by atoms with Crippen LogP contribution in [0.4, 0.5) is 5.82 Å². The van der Waals surface area contributed by atoms with Crippen molar-refractivity contribution in [2.45, 2.75) is 32.4 Å². The highest BCUT2D eigenvalue weighted by molar-refractivity contribution is 5.31. The second-order valence-corrected chi connectivity index (χ2v) is 5.11. The number of hydrogen-bond acceptors (Lipinski definition) is 5. The van der Waals surface area contributed by atoms with Crippen LogP contribution in [-0.4, -0.2) is 41.0 Å². The summed E-state index contributed by atoms with van der Waals surface area (Å²) in [6.07, 6.45) is 2.55. The fourth-order valence-corrected chi connectivity index (χ4v) is 1.53. The molecule has 1 aromatic heterocycles. The van der Waals surface area contributed by atoms with Gasteiger partial charge in [0.1, 0.15) is 0 Å². The molecule has 1 aromatic rings. The maximum atomic E-state index is 12.1. The Balaban J connectivity index is 2.82. The number of aliphatic hydroxyl groups excluding tert-OH is 1. The predicted octanol–water partition coefficient (Wildman–Crippen LogP) is 0.417. The molecule has 0 bridgehead atoms. The molecule has 0 aliphatic heterocycles. The molecule has 0 saturated heterocycles. The van der Waals surface area contributed by atoms with Crippen LogP contribution in [0.25, 0.3) is 0 Å². The minimum absolute atomic E-state index is 0.199. The van der Waals surface area contributed by atoms with Crippen LogP contribution in [0.15, 0.2) is 17.2 Å². The summed E-state index contributed by atoms with van der Waals surface area (Å²) >= 11 is 0. The first kappa shape index (κ1) is 14.7. The van der Waals surface area contributed by atoms with Gasteiger partial charge in [-0.1, -0.05) is 0 Å². The molecule has 0 saturated carbocycles. The maximum Gasteiger partial charge on any atom is 0.293 e. The third-order valence-corrected chi connectivity index (χ3v) is 2.43. The van der Waals surface area contributed by atoms with Crippen LogP contribution in [0.3, 0.4) is 0 Å². The number of aliphatic hydroxyl groups is 1. The van der Waals surface area contributed by atoms with Crippen molar-refractivity contribution < 1.29 is 9.84 Å². The van der Waals surface area contributed by atoms with E-state index in [2.05, 4.69) is 10.3 Å². The molecule has 1 unspecified atom stereocenters. The highest BCUT2D eigenvalue weighted by Crippen LogP contribution is 2.10. The zero-order valence-electron chi connectivity index (χ0n) is 11.3. The highest BCUT2D eigenvalue weighted by Gasteiger charge is 2.16. The average molecular weight is 255 g/mol. The summed E-state index contributed by atoms with van der Waals surface area (Å²) in [7, 11) is 1.51. The van der Waals surface area contributed by atoms with E-state index in [1.54, 1.807) is 17.0 Å². The molecule has 0 amide bonds. The van der Waals surface area contributed by atoms with Crippen LogP contribution >= 0.6 is 0 Å². The molecule has 0 aliphatic carbocycles. The zero-order valence-corrected chi connectivity index (χ0v) is 11.3. The molecule has 0 aliphatic rings. The molecule has 6 heteroatoms. The fourth-order valence-electron chi connectivity index (χ4n) is 1.53. The molecule has 0 radical (unpaired) electrons. The van der Waals surface area contributed by atoms with Crippen LogP contribution in [0, 0.1) is 0 Å². The number of ether oxygens (including phenoxy) is 1. The van der Waals surface area contributed by atoms with Crippen molar-refractivity contribution in [3.63, 3.8) is 0 Å². The van der Waals surface area contributed by atoms with Crippen molar-refractivity contribution in [2.75, 3.05) is 25.6 Å². The first-order valence-electron chi connectivity index (χ1n) is 5.85. The van der Waals surface area contributed by atoms with Gasteiger partial charge in [-0.3, -0.25) is 4.79 Å². The van der Waals surface area contributed by atoms with Crippen LogP contribution in [0.5, 0.6) is 0 Å². The van der Waals surface area contributed by atoms with Gasteiger partial charge in [-0.25, -0.2) is 4.98 Å². The van der Waals surface area contributed by atoms with Gasteiger partial charge in [-0.05, 0) is 20.8 Å². The van der Waals surface area contributed by atoms with E-state index < -0.39 is 6.10 Å². The first-order chi connectivity index (χ1) is 8.36. The third kappa shape index (κ3) is 3.82. The summed E-state index contributed by atoms with van der Waals surface area (Å²) in [4.78, 5) is 16.1. The van der Waals surface area contributed by atoms with Gasteiger partial charge >= 0.3 is 0 Å². The Bertz CT molecular complexity index is 437. The Labute approximate surface area is 107 Å². The van der Waals surface area contributed by atoms with Gasteiger partial charge in [0.25, 0.3) is 5.56 Å². The molecular weight excluding hydrogens is 234 g/mol. The van der Waals surface area contributed by atoms with E-state index in [4.69, 9.17) is 4.74 Å². The zero-order chi connectivity index (χ0) is 13.8. The fraction of sp³-hybridized carbons (Fsp3) is 0.667. The third-order valence-electron chi connectivity index (χ3n) is 2.43. The Kier molecular flexibility index (Phi) is 4.86. The number of nitrogens with one attached hydrogen (secondary N) is 1. The largest absolute Gasteiger partial charge is 0.389 e. The SMILES string of the molecule is COCC(O)CNc1nccn(C(C)(C)C)c1=O. The lowest BCUT2D eigenvalue weighted by Crippen LogP contribution is -2.36. The number of nitrogens with zero attached hydrogens (tertiary/aromatic N) is 2. The quantitative estimate of drug-likeness (QED) is 0.797. The van der Waals surface area contributed by atoms with Crippen molar-refractivity contribution in [3.8, 4) is 0 Å². The average Bonchev–Trinajstić information content (AvgIpc) is 2.26. The van der Waals surface area contributed by atoms with Crippen molar-refractivity contribution in [1.29, 1.82) is 0 Å². The number of methoxy groups -OCH3 is 1. The molecule has 0 aromatic carbocycles. The molecule has 1 rings (SSSR count). The molecule has 6 nitrogen and oxygen atoms in total. The second kappa shape index (κ2) is 5.97. The number of anilines is 1. The minimum Gasteiger partial charge on any atom is -0.389 e. The standard InChI is InChI=1S/C12H21N3O3/c1-12(2,3)15-6-5-13-10(11(15)17)14-7-9(16)8-18-4/h5-6,9,16H,7-8H2,1-4H3,(H,13,14). The number of aromatic nitrogens is 2.